The fraction of sp³-hybridized carbons (Fsp3) is 0.526. The number of imidazole rings is 1. The van der Waals surface area contributed by atoms with Crippen LogP contribution in [0.5, 0.6) is 0 Å². The molecule has 5 heteroatoms. The van der Waals surface area contributed by atoms with Crippen LogP contribution in [0, 0.1) is 5.41 Å². The van der Waals surface area contributed by atoms with E-state index in [9.17, 15) is 4.79 Å². The molecule has 3 heterocycles. The van der Waals surface area contributed by atoms with Gasteiger partial charge in [0.1, 0.15) is 12.1 Å². The van der Waals surface area contributed by atoms with Crippen molar-refractivity contribution in [2.45, 2.75) is 44.9 Å². The molecule has 4 rings (SSSR count). The van der Waals surface area contributed by atoms with Gasteiger partial charge in [-0.25, -0.2) is 9.97 Å². The molecule has 1 amide bonds. The van der Waals surface area contributed by atoms with Gasteiger partial charge in [-0.05, 0) is 43.2 Å². The van der Waals surface area contributed by atoms with Crippen LogP contribution in [-0.2, 0) is 0 Å². The van der Waals surface area contributed by atoms with E-state index in [4.69, 9.17) is 0 Å². The van der Waals surface area contributed by atoms with Crippen LogP contribution in [0.2, 0.25) is 0 Å². The van der Waals surface area contributed by atoms with Crippen molar-refractivity contribution in [1.82, 2.24) is 19.4 Å². The molecule has 2 aliphatic rings. The molecule has 0 N–H and O–H groups in total. The maximum atomic E-state index is 12.7. The Balaban J connectivity index is 1.41. The number of piperidine rings is 1. The molecule has 1 aliphatic heterocycles. The smallest absolute Gasteiger partial charge is 0.255 e. The molecule has 24 heavy (non-hydrogen) atoms. The molecular formula is C19H24N4O. The van der Waals surface area contributed by atoms with Crippen LogP contribution in [-0.4, -0.2) is 38.4 Å². The van der Waals surface area contributed by atoms with Crippen molar-refractivity contribution in [2.75, 3.05) is 13.1 Å². The highest BCUT2D eigenvalue weighted by Gasteiger charge is 2.36. The van der Waals surface area contributed by atoms with E-state index in [1.165, 1.54) is 44.9 Å². The van der Waals surface area contributed by atoms with Crippen molar-refractivity contribution in [2.24, 2.45) is 5.41 Å². The summed E-state index contributed by atoms with van der Waals surface area (Å²) in [6, 6.07) is 3.75. The second-order valence-electron chi connectivity index (χ2n) is 7.23. The highest BCUT2D eigenvalue weighted by molar-refractivity contribution is 5.94. The van der Waals surface area contributed by atoms with Crippen molar-refractivity contribution in [1.29, 1.82) is 0 Å². The Kier molecular flexibility index (Phi) is 4.08. The van der Waals surface area contributed by atoms with Gasteiger partial charge in [0.05, 0.1) is 5.56 Å². The molecule has 2 aromatic heterocycles. The molecule has 2 fully saturated rings. The standard InChI is InChI=1S/C19H24N4O/c24-18(16-4-5-17(21-14-16)23-13-10-20-15-23)22-11-8-19(9-12-22)6-2-1-3-7-19/h4-5,10,13-15H,1-3,6-9,11-12H2. The summed E-state index contributed by atoms with van der Waals surface area (Å²) in [6.45, 7) is 1.78. The predicted molar refractivity (Wildman–Crippen MR) is 92.0 cm³/mol. The Hall–Kier alpha value is -2.17. The second kappa shape index (κ2) is 6.38. The van der Waals surface area contributed by atoms with Crippen molar-refractivity contribution < 1.29 is 4.79 Å². The van der Waals surface area contributed by atoms with E-state index in [0.29, 0.717) is 11.0 Å². The summed E-state index contributed by atoms with van der Waals surface area (Å²) < 4.78 is 1.84. The molecule has 0 unspecified atom stereocenters. The summed E-state index contributed by atoms with van der Waals surface area (Å²) in [6.07, 6.45) is 16.1. The zero-order chi connectivity index (χ0) is 16.4. The van der Waals surface area contributed by atoms with Crippen LogP contribution in [0.3, 0.4) is 0 Å². The van der Waals surface area contributed by atoms with E-state index >= 15 is 0 Å². The van der Waals surface area contributed by atoms with Crippen molar-refractivity contribution in [3.8, 4) is 5.82 Å². The van der Waals surface area contributed by atoms with Gasteiger partial charge in [0, 0.05) is 31.7 Å². The first-order chi connectivity index (χ1) is 11.8. The monoisotopic (exact) mass is 324 g/mol. The third-order valence-corrected chi connectivity index (χ3v) is 5.79. The van der Waals surface area contributed by atoms with Crippen LogP contribution >= 0.6 is 0 Å². The minimum atomic E-state index is 0.116. The lowest BCUT2D eigenvalue weighted by atomic mass is 9.68. The fourth-order valence-electron chi connectivity index (χ4n) is 4.23. The minimum Gasteiger partial charge on any atom is -0.339 e. The molecule has 0 atom stereocenters. The molecule has 1 saturated heterocycles. The first-order valence-corrected chi connectivity index (χ1v) is 9.00. The van der Waals surface area contributed by atoms with Gasteiger partial charge >= 0.3 is 0 Å². The van der Waals surface area contributed by atoms with Gasteiger partial charge in [-0.15, -0.1) is 0 Å². The van der Waals surface area contributed by atoms with E-state index in [-0.39, 0.29) is 5.91 Å². The van der Waals surface area contributed by atoms with Crippen LogP contribution < -0.4 is 0 Å². The van der Waals surface area contributed by atoms with E-state index in [1.807, 2.05) is 27.8 Å². The van der Waals surface area contributed by atoms with Crippen molar-refractivity contribution >= 4 is 5.91 Å². The molecular weight excluding hydrogens is 300 g/mol. The Morgan fingerprint density at radius 3 is 2.46 bits per heavy atom. The molecule has 0 aromatic carbocycles. The molecule has 1 aliphatic carbocycles. The molecule has 1 spiro atoms. The van der Waals surface area contributed by atoms with E-state index in [1.54, 1.807) is 18.7 Å². The van der Waals surface area contributed by atoms with Gasteiger partial charge in [-0.3, -0.25) is 9.36 Å². The van der Waals surface area contributed by atoms with Crippen molar-refractivity contribution in [3.63, 3.8) is 0 Å². The Morgan fingerprint density at radius 2 is 1.83 bits per heavy atom. The number of carbonyl (C=O) groups is 1. The van der Waals surface area contributed by atoms with E-state index in [0.717, 1.165) is 18.9 Å². The Bertz CT molecular complexity index is 677. The van der Waals surface area contributed by atoms with Gasteiger partial charge in [0.25, 0.3) is 5.91 Å². The number of nitrogens with zero attached hydrogens (tertiary/aromatic N) is 4. The van der Waals surface area contributed by atoms with E-state index < -0.39 is 0 Å². The topological polar surface area (TPSA) is 51.0 Å². The molecule has 5 nitrogen and oxygen atoms in total. The minimum absolute atomic E-state index is 0.116. The van der Waals surface area contributed by atoms with Crippen LogP contribution in [0.4, 0.5) is 0 Å². The average molecular weight is 324 g/mol. The number of pyridine rings is 1. The summed E-state index contributed by atoms with van der Waals surface area (Å²) in [4.78, 5) is 23.2. The maximum absolute atomic E-state index is 12.7. The van der Waals surface area contributed by atoms with Crippen molar-refractivity contribution in [3.05, 3.63) is 42.6 Å². The van der Waals surface area contributed by atoms with E-state index in [2.05, 4.69) is 9.97 Å². The SMILES string of the molecule is O=C(c1ccc(-n2ccnc2)nc1)N1CCC2(CCCCC2)CC1. The number of hydrogen-bond acceptors (Lipinski definition) is 3. The molecule has 0 radical (unpaired) electrons. The van der Waals surface area contributed by atoms with Crippen LogP contribution in [0.1, 0.15) is 55.3 Å². The normalized spacial score (nSPS) is 20.2. The van der Waals surface area contributed by atoms with Gasteiger partial charge in [-0.2, -0.15) is 0 Å². The third-order valence-electron chi connectivity index (χ3n) is 5.79. The highest BCUT2D eigenvalue weighted by atomic mass is 16.2. The summed E-state index contributed by atoms with van der Waals surface area (Å²) in [7, 11) is 0. The zero-order valence-electron chi connectivity index (χ0n) is 14.0. The number of carbonyl (C=O) groups excluding carboxylic acids is 1. The third kappa shape index (κ3) is 2.95. The largest absolute Gasteiger partial charge is 0.339 e. The average Bonchev–Trinajstić information content (AvgIpc) is 3.17. The van der Waals surface area contributed by atoms with Gasteiger partial charge in [0.15, 0.2) is 0 Å². The lowest BCUT2D eigenvalue weighted by Crippen LogP contribution is -2.43. The van der Waals surface area contributed by atoms with Gasteiger partial charge in [0.2, 0.25) is 0 Å². The summed E-state index contributed by atoms with van der Waals surface area (Å²) in [5.41, 5.74) is 1.21. The number of amides is 1. The number of rotatable bonds is 2. The number of likely N-dealkylation sites (tertiary alicyclic amines) is 1. The predicted octanol–water partition coefficient (Wildman–Crippen LogP) is 3.45. The highest BCUT2D eigenvalue weighted by Crippen LogP contribution is 2.44. The first kappa shape index (κ1) is 15.4. The summed E-state index contributed by atoms with van der Waals surface area (Å²) in [5.74, 6) is 0.897. The first-order valence-electron chi connectivity index (χ1n) is 9.00. The Labute approximate surface area is 142 Å². The number of aromatic nitrogens is 3. The fourth-order valence-corrected chi connectivity index (χ4v) is 4.23. The Morgan fingerprint density at radius 1 is 1.04 bits per heavy atom. The van der Waals surface area contributed by atoms with Gasteiger partial charge < -0.3 is 4.90 Å². The van der Waals surface area contributed by atoms with Crippen LogP contribution in [0.15, 0.2) is 37.1 Å². The quantitative estimate of drug-likeness (QED) is 0.850. The lowest BCUT2D eigenvalue weighted by molar-refractivity contribution is 0.0471. The molecule has 0 bridgehead atoms. The maximum Gasteiger partial charge on any atom is 0.255 e. The number of hydrogen-bond donors (Lipinski definition) is 0. The van der Waals surface area contributed by atoms with Crippen LogP contribution in [0.25, 0.3) is 5.82 Å². The lowest BCUT2D eigenvalue weighted by Gasteiger charge is -2.44. The van der Waals surface area contributed by atoms with Gasteiger partial charge in [-0.1, -0.05) is 19.3 Å². The molecule has 1 saturated carbocycles. The molecule has 126 valence electrons. The summed E-state index contributed by atoms with van der Waals surface area (Å²) in [5, 5.41) is 0. The zero-order valence-corrected chi connectivity index (χ0v) is 14.0. The summed E-state index contributed by atoms with van der Waals surface area (Å²) >= 11 is 0. The molecule has 2 aromatic rings. The second-order valence-corrected chi connectivity index (χ2v) is 7.23.